The number of phenols is 1. The second kappa shape index (κ2) is 6.79. The van der Waals surface area contributed by atoms with Crippen LogP contribution in [0.3, 0.4) is 0 Å². The summed E-state index contributed by atoms with van der Waals surface area (Å²) in [5.74, 6) is -2.34. The Hall–Kier alpha value is -3.02. The van der Waals surface area contributed by atoms with E-state index < -0.39 is 11.9 Å². The zero-order chi connectivity index (χ0) is 15.1. The quantitative estimate of drug-likeness (QED) is 0.491. The van der Waals surface area contributed by atoms with Gasteiger partial charge in [-0.25, -0.2) is 9.59 Å². The standard InChI is InChI=1S/C7H7NO3.C7H6O2/c8-4-1-2-6(9)5(3-4)7(10)11;8-7(9)6-4-2-1-3-5-6/h1-3,9H,8H2,(H,10,11);1-5H,(H,8,9). The zero-order valence-electron chi connectivity index (χ0n) is 10.4. The monoisotopic (exact) mass is 275 g/mol. The summed E-state index contributed by atoms with van der Waals surface area (Å²) in [4.78, 5) is 20.6. The fourth-order valence-corrected chi connectivity index (χ4v) is 1.31. The molecular weight excluding hydrogens is 262 g/mol. The summed E-state index contributed by atoms with van der Waals surface area (Å²) in [6, 6.07) is 12.2. The Morgan fingerprint density at radius 1 is 0.900 bits per heavy atom. The van der Waals surface area contributed by atoms with Crippen molar-refractivity contribution in [3.05, 3.63) is 59.7 Å². The van der Waals surface area contributed by atoms with Gasteiger partial charge in [-0.1, -0.05) is 18.2 Å². The summed E-state index contributed by atoms with van der Waals surface area (Å²) in [5.41, 5.74) is 5.77. The third kappa shape index (κ3) is 4.34. The summed E-state index contributed by atoms with van der Waals surface area (Å²) in [6.45, 7) is 0. The van der Waals surface area contributed by atoms with Gasteiger partial charge in [0.25, 0.3) is 0 Å². The van der Waals surface area contributed by atoms with Crippen LogP contribution in [0, 0.1) is 0 Å². The number of aromatic hydroxyl groups is 1. The van der Waals surface area contributed by atoms with E-state index in [1.165, 1.54) is 18.2 Å². The molecule has 5 N–H and O–H groups in total. The molecule has 0 bridgehead atoms. The van der Waals surface area contributed by atoms with Crippen molar-refractivity contribution in [1.82, 2.24) is 0 Å². The Morgan fingerprint density at radius 2 is 1.50 bits per heavy atom. The van der Waals surface area contributed by atoms with Crippen molar-refractivity contribution in [3.63, 3.8) is 0 Å². The van der Waals surface area contributed by atoms with E-state index in [-0.39, 0.29) is 11.3 Å². The van der Waals surface area contributed by atoms with Crippen LogP contribution in [0.2, 0.25) is 0 Å². The number of aromatic carboxylic acids is 2. The fraction of sp³-hybridized carbons (Fsp3) is 0. The highest BCUT2D eigenvalue weighted by molar-refractivity contribution is 5.91. The first kappa shape index (κ1) is 15.0. The number of carboxylic acids is 2. The highest BCUT2D eigenvalue weighted by Crippen LogP contribution is 2.18. The largest absolute Gasteiger partial charge is 0.507 e. The van der Waals surface area contributed by atoms with Crippen molar-refractivity contribution in [1.29, 1.82) is 0 Å². The van der Waals surface area contributed by atoms with Gasteiger partial charge in [0.2, 0.25) is 0 Å². The predicted octanol–water partition coefficient (Wildman–Crippen LogP) is 2.06. The molecule has 6 heteroatoms. The van der Waals surface area contributed by atoms with E-state index in [0.717, 1.165) is 0 Å². The van der Waals surface area contributed by atoms with Crippen LogP contribution in [0.25, 0.3) is 0 Å². The molecular formula is C14H13NO5. The molecule has 6 nitrogen and oxygen atoms in total. The maximum atomic E-state index is 10.4. The summed E-state index contributed by atoms with van der Waals surface area (Å²) in [5, 5.41) is 25.8. The second-order valence-corrected chi connectivity index (χ2v) is 3.75. The molecule has 0 heterocycles. The van der Waals surface area contributed by atoms with E-state index in [0.29, 0.717) is 11.3 Å². The lowest BCUT2D eigenvalue weighted by Gasteiger charge is -1.98. The lowest BCUT2D eigenvalue weighted by Crippen LogP contribution is -1.97. The maximum absolute atomic E-state index is 10.4. The van der Waals surface area contributed by atoms with Crippen LogP contribution in [0.1, 0.15) is 20.7 Å². The molecule has 0 unspecified atom stereocenters. The number of rotatable bonds is 2. The minimum Gasteiger partial charge on any atom is -0.507 e. The molecule has 0 saturated heterocycles. The number of nitrogen functional groups attached to an aromatic ring is 1. The number of carbonyl (C=O) groups is 2. The van der Waals surface area contributed by atoms with Gasteiger partial charge in [0.1, 0.15) is 11.3 Å². The molecule has 0 amide bonds. The molecule has 0 fully saturated rings. The molecule has 0 aromatic heterocycles. The van der Waals surface area contributed by atoms with Crippen LogP contribution in [0.5, 0.6) is 5.75 Å². The molecule has 20 heavy (non-hydrogen) atoms. The summed E-state index contributed by atoms with van der Waals surface area (Å²) in [6.07, 6.45) is 0. The molecule has 0 spiro atoms. The van der Waals surface area contributed by atoms with Gasteiger partial charge < -0.3 is 21.1 Å². The average Bonchev–Trinajstić information content (AvgIpc) is 2.43. The Labute approximate surface area is 114 Å². The van der Waals surface area contributed by atoms with E-state index >= 15 is 0 Å². The van der Waals surface area contributed by atoms with Crippen LogP contribution >= 0.6 is 0 Å². The Kier molecular flexibility index (Phi) is 5.11. The third-order valence-electron chi connectivity index (χ3n) is 2.27. The smallest absolute Gasteiger partial charge is 0.339 e. The average molecular weight is 275 g/mol. The fourth-order valence-electron chi connectivity index (χ4n) is 1.31. The molecule has 0 aliphatic carbocycles. The number of nitrogens with two attached hydrogens (primary N) is 1. The van der Waals surface area contributed by atoms with Gasteiger partial charge in [-0.3, -0.25) is 0 Å². The van der Waals surface area contributed by atoms with Gasteiger partial charge in [-0.2, -0.15) is 0 Å². The molecule has 0 aliphatic rings. The number of hydrogen-bond acceptors (Lipinski definition) is 4. The molecule has 2 aromatic rings. The van der Waals surface area contributed by atoms with E-state index in [4.69, 9.17) is 21.1 Å². The molecule has 2 aromatic carbocycles. The van der Waals surface area contributed by atoms with Crippen molar-refractivity contribution in [2.75, 3.05) is 5.73 Å². The molecule has 104 valence electrons. The summed E-state index contributed by atoms with van der Waals surface area (Å²) >= 11 is 0. The van der Waals surface area contributed by atoms with Crippen LogP contribution in [-0.4, -0.2) is 27.3 Å². The molecule has 0 aliphatic heterocycles. The number of hydrogen-bond donors (Lipinski definition) is 4. The van der Waals surface area contributed by atoms with Crippen molar-refractivity contribution in [3.8, 4) is 5.75 Å². The minimum absolute atomic E-state index is 0.176. The van der Waals surface area contributed by atoms with Gasteiger partial charge >= 0.3 is 11.9 Å². The number of benzene rings is 2. The lowest BCUT2D eigenvalue weighted by molar-refractivity contribution is 0.0684. The topological polar surface area (TPSA) is 121 Å². The van der Waals surface area contributed by atoms with Crippen LogP contribution in [0.4, 0.5) is 5.69 Å². The van der Waals surface area contributed by atoms with E-state index in [9.17, 15) is 9.59 Å². The Bertz CT molecular complexity index is 610. The minimum atomic E-state index is -1.19. The molecule has 0 radical (unpaired) electrons. The summed E-state index contributed by atoms with van der Waals surface area (Å²) in [7, 11) is 0. The van der Waals surface area contributed by atoms with Crippen LogP contribution in [0.15, 0.2) is 48.5 Å². The van der Waals surface area contributed by atoms with E-state index in [1.54, 1.807) is 30.3 Å². The van der Waals surface area contributed by atoms with E-state index in [2.05, 4.69) is 0 Å². The number of anilines is 1. The Balaban J connectivity index is 0.000000204. The second-order valence-electron chi connectivity index (χ2n) is 3.75. The van der Waals surface area contributed by atoms with Crippen molar-refractivity contribution in [2.45, 2.75) is 0 Å². The first-order valence-electron chi connectivity index (χ1n) is 5.52. The first-order valence-corrected chi connectivity index (χ1v) is 5.52. The van der Waals surface area contributed by atoms with Crippen molar-refractivity contribution in [2.24, 2.45) is 0 Å². The molecule has 0 saturated carbocycles. The maximum Gasteiger partial charge on any atom is 0.339 e. The third-order valence-corrected chi connectivity index (χ3v) is 2.27. The molecule has 2 rings (SSSR count). The predicted molar refractivity (Wildman–Crippen MR) is 72.9 cm³/mol. The Morgan fingerprint density at radius 3 is 1.90 bits per heavy atom. The van der Waals surface area contributed by atoms with Gasteiger partial charge in [-0.05, 0) is 30.3 Å². The first-order chi connectivity index (χ1) is 9.41. The normalized spacial score (nSPS) is 9.20. The number of carboxylic acid groups (broad SMARTS) is 2. The van der Waals surface area contributed by atoms with Crippen molar-refractivity contribution >= 4 is 17.6 Å². The van der Waals surface area contributed by atoms with Gasteiger partial charge in [0.15, 0.2) is 0 Å². The van der Waals surface area contributed by atoms with Crippen LogP contribution in [-0.2, 0) is 0 Å². The summed E-state index contributed by atoms with van der Waals surface area (Å²) < 4.78 is 0. The SMILES string of the molecule is Nc1ccc(O)c(C(=O)O)c1.O=C(O)c1ccccc1. The van der Waals surface area contributed by atoms with E-state index in [1.807, 2.05) is 0 Å². The zero-order valence-corrected chi connectivity index (χ0v) is 10.4. The van der Waals surface area contributed by atoms with Crippen molar-refractivity contribution < 1.29 is 24.9 Å². The highest BCUT2D eigenvalue weighted by Gasteiger charge is 2.08. The van der Waals surface area contributed by atoms with Gasteiger partial charge in [-0.15, -0.1) is 0 Å². The van der Waals surface area contributed by atoms with Crippen LogP contribution < -0.4 is 5.73 Å². The van der Waals surface area contributed by atoms with Gasteiger partial charge in [0.05, 0.1) is 5.56 Å². The molecule has 0 atom stereocenters. The lowest BCUT2D eigenvalue weighted by atomic mass is 10.2. The highest BCUT2D eigenvalue weighted by atomic mass is 16.4. The van der Waals surface area contributed by atoms with Gasteiger partial charge in [0, 0.05) is 5.69 Å².